The number of carboxylic acid groups (broad SMARTS) is 1. The molecule has 1 aliphatic rings. The molecule has 1 rings (SSSR count). The molecule has 0 aromatic carbocycles. The molecule has 0 aliphatic heterocycles. The van der Waals surface area contributed by atoms with E-state index in [0.717, 1.165) is 12.8 Å². The van der Waals surface area contributed by atoms with E-state index < -0.39 is 18.0 Å². The van der Waals surface area contributed by atoms with Gasteiger partial charge in [0.15, 0.2) is 0 Å². The van der Waals surface area contributed by atoms with Gasteiger partial charge in [0.2, 0.25) is 0 Å². The van der Waals surface area contributed by atoms with E-state index in [2.05, 4.69) is 17.2 Å². The summed E-state index contributed by atoms with van der Waals surface area (Å²) in [6.45, 7) is 3.43. The van der Waals surface area contributed by atoms with Gasteiger partial charge in [0.05, 0.1) is 0 Å². The number of nitrogens with one attached hydrogen (secondary N) is 2. The summed E-state index contributed by atoms with van der Waals surface area (Å²) in [6, 6.07) is -1.07. The van der Waals surface area contributed by atoms with E-state index in [-0.39, 0.29) is 12.5 Å². The Kier molecular flexibility index (Phi) is 3.50. The summed E-state index contributed by atoms with van der Waals surface area (Å²) in [5, 5.41) is 13.7. The minimum atomic E-state index is -1.05. The smallest absolute Gasteiger partial charge is 0.326 e. The lowest BCUT2D eigenvalue weighted by atomic mass is 10.2. The summed E-state index contributed by atoms with van der Waals surface area (Å²) < 4.78 is 0. The minimum absolute atomic E-state index is 0.230. The van der Waals surface area contributed by atoms with Gasteiger partial charge in [0.1, 0.15) is 6.04 Å². The summed E-state index contributed by atoms with van der Waals surface area (Å²) in [7, 11) is 0. The van der Waals surface area contributed by atoms with Crippen molar-refractivity contribution in [1.29, 1.82) is 0 Å². The maximum atomic E-state index is 11.2. The summed E-state index contributed by atoms with van der Waals surface area (Å²) in [5.74, 6) is -1.05. The van der Waals surface area contributed by atoms with Crippen molar-refractivity contribution in [3.63, 3.8) is 0 Å². The second-order valence-corrected chi connectivity index (χ2v) is 3.31. The van der Waals surface area contributed by atoms with E-state index in [1.807, 2.05) is 0 Å². The number of hydrogen-bond donors (Lipinski definition) is 3. The first-order valence-electron chi connectivity index (χ1n) is 4.54. The molecule has 5 heteroatoms. The average Bonchev–Trinajstić information content (AvgIpc) is 2.87. The van der Waals surface area contributed by atoms with Crippen molar-refractivity contribution in [3.05, 3.63) is 12.7 Å². The first-order chi connectivity index (χ1) is 6.63. The fourth-order valence-corrected chi connectivity index (χ4v) is 1.00. The lowest BCUT2D eigenvalue weighted by Gasteiger charge is -2.12. The number of carboxylic acids is 1. The Morgan fingerprint density at radius 1 is 1.57 bits per heavy atom. The lowest BCUT2D eigenvalue weighted by molar-refractivity contribution is -0.139. The highest BCUT2D eigenvalue weighted by molar-refractivity contribution is 5.82. The Morgan fingerprint density at radius 2 is 2.21 bits per heavy atom. The van der Waals surface area contributed by atoms with Crippen LogP contribution in [0.1, 0.15) is 19.3 Å². The number of aliphatic carboxylic acids is 1. The van der Waals surface area contributed by atoms with Gasteiger partial charge in [-0.1, -0.05) is 6.08 Å². The summed E-state index contributed by atoms with van der Waals surface area (Å²) in [5.41, 5.74) is 0. The Hall–Kier alpha value is -1.52. The number of urea groups is 1. The number of rotatable bonds is 5. The van der Waals surface area contributed by atoms with Crippen LogP contribution in [-0.2, 0) is 4.79 Å². The molecule has 3 N–H and O–H groups in total. The van der Waals surface area contributed by atoms with Crippen molar-refractivity contribution < 1.29 is 14.7 Å². The standard InChI is InChI=1S/C9H14N2O3/c1-2-3-7(8(12)13)11-9(14)10-6-4-5-6/h2,6-7H,1,3-5H2,(H,12,13)(H2,10,11,14). The first kappa shape index (κ1) is 10.6. The Bertz CT molecular complexity index is 248. The van der Waals surface area contributed by atoms with Gasteiger partial charge in [0.25, 0.3) is 0 Å². The molecule has 1 saturated carbocycles. The van der Waals surface area contributed by atoms with Crippen molar-refractivity contribution in [1.82, 2.24) is 10.6 Å². The Balaban J connectivity index is 2.32. The van der Waals surface area contributed by atoms with Gasteiger partial charge in [-0.05, 0) is 19.3 Å². The third-order valence-corrected chi connectivity index (χ3v) is 1.92. The van der Waals surface area contributed by atoms with Crippen LogP contribution in [-0.4, -0.2) is 29.2 Å². The minimum Gasteiger partial charge on any atom is -0.480 e. The average molecular weight is 198 g/mol. The largest absolute Gasteiger partial charge is 0.480 e. The maximum absolute atomic E-state index is 11.2. The molecule has 1 aliphatic carbocycles. The van der Waals surface area contributed by atoms with Crippen LogP contribution >= 0.6 is 0 Å². The molecule has 2 amide bonds. The van der Waals surface area contributed by atoms with Crippen LogP contribution < -0.4 is 10.6 Å². The fraction of sp³-hybridized carbons (Fsp3) is 0.556. The summed E-state index contributed by atoms with van der Waals surface area (Å²) in [6.07, 6.45) is 3.66. The molecule has 0 aromatic rings. The number of amides is 2. The van der Waals surface area contributed by atoms with Crippen LogP contribution in [0.5, 0.6) is 0 Å². The monoisotopic (exact) mass is 198 g/mol. The van der Waals surface area contributed by atoms with Gasteiger partial charge in [-0.25, -0.2) is 9.59 Å². The fourth-order valence-electron chi connectivity index (χ4n) is 1.00. The van der Waals surface area contributed by atoms with E-state index in [4.69, 9.17) is 5.11 Å². The van der Waals surface area contributed by atoms with E-state index in [0.29, 0.717) is 0 Å². The predicted octanol–water partition coefficient (Wildman–Crippen LogP) is 0.477. The van der Waals surface area contributed by atoms with Gasteiger partial charge in [-0.2, -0.15) is 0 Å². The van der Waals surface area contributed by atoms with Crippen LogP contribution in [0.4, 0.5) is 4.79 Å². The summed E-state index contributed by atoms with van der Waals surface area (Å²) in [4.78, 5) is 21.8. The van der Waals surface area contributed by atoms with Crippen LogP contribution in [0, 0.1) is 0 Å². The van der Waals surface area contributed by atoms with Gasteiger partial charge in [-0.3, -0.25) is 0 Å². The van der Waals surface area contributed by atoms with Gasteiger partial charge in [-0.15, -0.1) is 6.58 Å². The van der Waals surface area contributed by atoms with E-state index in [1.54, 1.807) is 0 Å². The van der Waals surface area contributed by atoms with Gasteiger partial charge in [0, 0.05) is 6.04 Å². The van der Waals surface area contributed by atoms with Crippen LogP contribution in [0.2, 0.25) is 0 Å². The second-order valence-electron chi connectivity index (χ2n) is 3.31. The molecule has 0 radical (unpaired) electrons. The van der Waals surface area contributed by atoms with Crippen LogP contribution in [0.15, 0.2) is 12.7 Å². The molecular weight excluding hydrogens is 184 g/mol. The zero-order valence-corrected chi connectivity index (χ0v) is 7.82. The van der Waals surface area contributed by atoms with Crippen molar-refractivity contribution in [2.45, 2.75) is 31.3 Å². The molecule has 0 aromatic heterocycles. The molecule has 0 saturated heterocycles. The topological polar surface area (TPSA) is 78.4 Å². The molecule has 78 valence electrons. The normalized spacial score (nSPS) is 16.9. The maximum Gasteiger partial charge on any atom is 0.326 e. The third-order valence-electron chi connectivity index (χ3n) is 1.92. The zero-order chi connectivity index (χ0) is 10.6. The van der Waals surface area contributed by atoms with Gasteiger partial charge >= 0.3 is 12.0 Å². The molecule has 0 heterocycles. The highest BCUT2D eigenvalue weighted by atomic mass is 16.4. The predicted molar refractivity (Wildman–Crippen MR) is 50.9 cm³/mol. The highest BCUT2D eigenvalue weighted by Gasteiger charge is 2.25. The molecule has 14 heavy (non-hydrogen) atoms. The van der Waals surface area contributed by atoms with Crippen molar-refractivity contribution >= 4 is 12.0 Å². The van der Waals surface area contributed by atoms with Crippen LogP contribution in [0.3, 0.4) is 0 Å². The molecular formula is C9H14N2O3. The number of carbonyl (C=O) groups excluding carboxylic acids is 1. The molecule has 5 nitrogen and oxygen atoms in total. The second kappa shape index (κ2) is 4.64. The van der Waals surface area contributed by atoms with E-state index >= 15 is 0 Å². The van der Waals surface area contributed by atoms with E-state index in [1.165, 1.54) is 6.08 Å². The summed E-state index contributed by atoms with van der Waals surface area (Å²) >= 11 is 0. The quantitative estimate of drug-likeness (QED) is 0.562. The zero-order valence-electron chi connectivity index (χ0n) is 7.82. The molecule has 0 spiro atoms. The first-order valence-corrected chi connectivity index (χ1v) is 4.54. The molecule has 0 bridgehead atoms. The highest BCUT2D eigenvalue weighted by Crippen LogP contribution is 2.18. The lowest BCUT2D eigenvalue weighted by Crippen LogP contribution is -2.46. The van der Waals surface area contributed by atoms with Crippen molar-refractivity contribution in [2.24, 2.45) is 0 Å². The van der Waals surface area contributed by atoms with Crippen LogP contribution in [0.25, 0.3) is 0 Å². The van der Waals surface area contributed by atoms with Gasteiger partial charge < -0.3 is 15.7 Å². The van der Waals surface area contributed by atoms with Crippen molar-refractivity contribution in [2.75, 3.05) is 0 Å². The molecule has 1 atom stereocenters. The Morgan fingerprint density at radius 3 is 2.64 bits per heavy atom. The Labute approximate surface area is 82.2 Å². The van der Waals surface area contributed by atoms with E-state index in [9.17, 15) is 9.59 Å². The SMILES string of the molecule is C=CCC(NC(=O)NC1CC1)C(=O)O. The third kappa shape index (κ3) is 3.47. The molecule has 1 fully saturated rings. The number of carbonyl (C=O) groups is 2. The van der Waals surface area contributed by atoms with Crippen molar-refractivity contribution in [3.8, 4) is 0 Å². The number of hydrogen-bond acceptors (Lipinski definition) is 2. The molecule has 1 unspecified atom stereocenters.